The minimum absolute atomic E-state index is 0.483. The molecule has 0 bridgehead atoms. The van der Waals surface area contributed by atoms with E-state index >= 15 is 0 Å². The predicted molar refractivity (Wildman–Crippen MR) is 102 cm³/mol. The summed E-state index contributed by atoms with van der Waals surface area (Å²) in [5, 5.41) is 6.82. The fraction of sp³-hybridized carbons (Fsp3) is 0.278. The molecule has 6 heteroatoms. The van der Waals surface area contributed by atoms with Gasteiger partial charge in [-0.25, -0.2) is 0 Å². The number of aryl methyl sites for hydroxylation is 2. The van der Waals surface area contributed by atoms with E-state index in [0.29, 0.717) is 22.4 Å². The van der Waals surface area contributed by atoms with Gasteiger partial charge < -0.3 is 24.8 Å². The molecule has 0 unspecified atom stereocenters. The summed E-state index contributed by atoms with van der Waals surface area (Å²) < 4.78 is 16.0. The van der Waals surface area contributed by atoms with Gasteiger partial charge in [0.1, 0.15) is 0 Å². The number of thiocarbonyl (C=S) groups is 1. The molecule has 0 spiro atoms. The molecule has 0 aromatic heterocycles. The molecular formula is C18H22N2O3S. The van der Waals surface area contributed by atoms with Gasteiger partial charge in [0.15, 0.2) is 16.6 Å². The third-order valence-electron chi connectivity index (χ3n) is 3.55. The molecule has 0 aliphatic heterocycles. The van der Waals surface area contributed by atoms with Gasteiger partial charge in [0, 0.05) is 23.5 Å². The lowest BCUT2D eigenvalue weighted by Crippen LogP contribution is -2.19. The number of rotatable bonds is 5. The van der Waals surface area contributed by atoms with Crippen molar-refractivity contribution in [2.75, 3.05) is 32.0 Å². The fourth-order valence-electron chi connectivity index (χ4n) is 2.39. The first-order valence-electron chi connectivity index (χ1n) is 7.43. The van der Waals surface area contributed by atoms with Crippen LogP contribution < -0.4 is 24.8 Å². The molecule has 0 atom stereocenters. The smallest absolute Gasteiger partial charge is 0.203 e. The standard InChI is InChI=1S/C18H22N2O3S/c1-11-6-7-14(12(2)8-11)20-18(24)19-13-9-15(21-3)17(23-5)16(10-13)22-4/h6-10H,1-5H3,(H2,19,20,24). The average Bonchev–Trinajstić information content (AvgIpc) is 2.56. The molecule has 0 radical (unpaired) electrons. The fourth-order valence-corrected chi connectivity index (χ4v) is 2.62. The lowest BCUT2D eigenvalue weighted by Gasteiger charge is -2.16. The molecule has 0 amide bonds. The zero-order valence-corrected chi connectivity index (χ0v) is 15.3. The topological polar surface area (TPSA) is 51.8 Å². The van der Waals surface area contributed by atoms with Crippen LogP contribution in [0.25, 0.3) is 0 Å². The van der Waals surface area contributed by atoms with Crippen LogP contribution in [0.3, 0.4) is 0 Å². The van der Waals surface area contributed by atoms with Crippen molar-refractivity contribution in [3.8, 4) is 17.2 Å². The summed E-state index contributed by atoms with van der Waals surface area (Å²) in [5.41, 5.74) is 4.04. The molecule has 5 nitrogen and oxygen atoms in total. The third kappa shape index (κ3) is 4.08. The molecule has 128 valence electrons. The zero-order chi connectivity index (χ0) is 17.7. The van der Waals surface area contributed by atoms with Crippen LogP contribution in [0.2, 0.25) is 0 Å². The zero-order valence-electron chi connectivity index (χ0n) is 14.5. The number of methoxy groups -OCH3 is 3. The Kier molecular flexibility index (Phi) is 5.87. The molecule has 2 N–H and O–H groups in total. The van der Waals surface area contributed by atoms with Crippen LogP contribution in [0.5, 0.6) is 17.2 Å². The van der Waals surface area contributed by atoms with Gasteiger partial charge in [-0.3, -0.25) is 0 Å². The molecule has 2 aromatic rings. The second kappa shape index (κ2) is 7.88. The number of benzene rings is 2. The molecule has 2 rings (SSSR count). The molecule has 0 heterocycles. The summed E-state index contributed by atoms with van der Waals surface area (Å²) in [7, 11) is 4.72. The van der Waals surface area contributed by atoms with Crippen LogP contribution in [0.1, 0.15) is 11.1 Å². The van der Waals surface area contributed by atoms with E-state index < -0.39 is 0 Å². The Balaban J connectivity index is 2.19. The maximum Gasteiger partial charge on any atom is 0.203 e. The Bertz CT molecular complexity index is 722. The van der Waals surface area contributed by atoms with Crippen LogP contribution in [-0.2, 0) is 0 Å². The molecular weight excluding hydrogens is 324 g/mol. The summed E-state index contributed by atoms with van der Waals surface area (Å²) in [6.07, 6.45) is 0. The van der Waals surface area contributed by atoms with E-state index in [2.05, 4.69) is 23.6 Å². The first-order valence-corrected chi connectivity index (χ1v) is 7.84. The van der Waals surface area contributed by atoms with Crippen molar-refractivity contribution < 1.29 is 14.2 Å². The molecule has 0 aliphatic carbocycles. The van der Waals surface area contributed by atoms with Crippen LogP contribution in [0.15, 0.2) is 30.3 Å². The summed E-state index contributed by atoms with van der Waals surface area (Å²) in [5.74, 6) is 1.67. The SMILES string of the molecule is COc1cc(NC(=S)Nc2ccc(C)cc2C)cc(OC)c1OC. The van der Waals surface area contributed by atoms with Gasteiger partial charge in [-0.15, -0.1) is 0 Å². The summed E-state index contributed by atoms with van der Waals surface area (Å²) in [6.45, 7) is 4.10. The highest BCUT2D eigenvalue weighted by Crippen LogP contribution is 2.39. The molecule has 0 saturated heterocycles. The van der Waals surface area contributed by atoms with E-state index in [0.717, 1.165) is 16.9 Å². The Hall–Kier alpha value is -2.47. The van der Waals surface area contributed by atoms with Gasteiger partial charge in [-0.05, 0) is 37.7 Å². The quantitative estimate of drug-likeness (QED) is 0.794. The number of ether oxygens (including phenoxy) is 3. The van der Waals surface area contributed by atoms with Gasteiger partial charge in [-0.1, -0.05) is 17.7 Å². The van der Waals surface area contributed by atoms with Crippen LogP contribution >= 0.6 is 12.2 Å². The molecule has 24 heavy (non-hydrogen) atoms. The monoisotopic (exact) mass is 346 g/mol. The minimum Gasteiger partial charge on any atom is -0.493 e. The van der Waals surface area contributed by atoms with Crippen molar-refractivity contribution in [1.29, 1.82) is 0 Å². The molecule has 2 aromatic carbocycles. The second-order valence-electron chi connectivity index (χ2n) is 5.31. The van der Waals surface area contributed by atoms with Crippen LogP contribution in [0.4, 0.5) is 11.4 Å². The lowest BCUT2D eigenvalue weighted by atomic mass is 10.1. The first kappa shape index (κ1) is 17.9. The number of nitrogens with one attached hydrogen (secondary N) is 2. The highest BCUT2D eigenvalue weighted by Gasteiger charge is 2.14. The Morgan fingerprint density at radius 3 is 2.00 bits per heavy atom. The van der Waals surface area contributed by atoms with E-state index in [1.165, 1.54) is 5.56 Å². The first-order chi connectivity index (χ1) is 11.5. The predicted octanol–water partition coefficient (Wildman–Crippen LogP) is 4.14. The van der Waals surface area contributed by atoms with Crippen molar-refractivity contribution in [1.82, 2.24) is 0 Å². The minimum atomic E-state index is 0.483. The normalized spacial score (nSPS) is 10.0. The van der Waals surface area contributed by atoms with E-state index in [9.17, 15) is 0 Å². The van der Waals surface area contributed by atoms with Crippen molar-refractivity contribution >= 4 is 28.7 Å². The van der Waals surface area contributed by atoms with Crippen LogP contribution in [-0.4, -0.2) is 26.4 Å². The highest BCUT2D eigenvalue weighted by molar-refractivity contribution is 7.80. The molecule has 0 fully saturated rings. The van der Waals surface area contributed by atoms with Gasteiger partial charge >= 0.3 is 0 Å². The van der Waals surface area contributed by atoms with Crippen molar-refractivity contribution in [2.24, 2.45) is 0 Å². The maximum absolute atomic E-state index is 5.40. The molecule has 0 saturated carbocycles. The van der Waals surface area contributed by atoms with Gasteiger partial charge in [-0.2, -0.15) is 0 Å². The molecule has 0 aliphatic rings. The van der Waals surface area contributed by atoms with Gasteiger partial charge in [0.25, 0.3) is 0 Å². The Morgan fingerprint density at radius 2 is 1.50 bits per heavy atom. The number of hydrogen-bond acceptors (Lipinski definition) is 4. The van der Waals surface area contributed by atoms with E-state index in [1.807, 2.05) is 19.1 Å². The van der Waals surface area contributed by atoms with Crippen LogP contribution in [0, 0.1) is 13.8 Å². The summed E-state index contributed by atoms with van der Waals surface area (Å²) in [6, 6.07) is 9.75. The Labute approximate surface area is 147 Å². The van der Waals surface area contributed by atoms with E-state index in [-0.39, 0.29) is 0 Å². The summed E-state index contributed by atoms with van der Waals surface area (Å²) in [4.78, 5) is 0. The summed E-state index contributed by atoms with van der Waals surface area (Å²) >= 11 is 5.40. The largest absolute Gasteiger partial charge is 0.493 e. The Morgan fingerprint density at radius 1 is 0.875 bits per heavy atom. The van der Waals surface area contributed by atoms with E-state index in [4.69, 9.17) is 26.4 Å². The second-order valence-corrected chi connectivity index (χ2v) is 5.72. The van der Waals surface area contributed by atoms with E-state index in [1.54, 1.807) is 33.5 Å². The van der Waals surface area contributed by atoms with Gasteiger partial charge in [0.05, 0.1) is 21.3 Å². The van der Waals surface area contributed by atoms with Crippen molar-refractivity contribution in [2.45, 2.75) is 13.8 Å². The average molecular weight is 346 g/mol. The van der Waals surface area contributed by atoms with Crippen molar-refractivity contribution in [3.63, 3.8) is 0 Å². The maximum atomic E-state index is 5.40. The third-order valence-corrected chi connectivity index (χ3v) is 3.76. The highest BCUT2D eigenvalue weighted by atomic mass is 32.1. The van der Waals surface area contributed by atoms with Crippen molar-refractivity contribution in [3.05, 3.63) is 41.5 Å². The van der Waals surface area contributed by atoms with Gasteiger partial charge in [0.2, 0.25) is 5.75 Å². The number of anilines is 2. The lowest BCUT2D eigenvalue weighted by molar-refractivity contribution is 0.324. The number of hydrogen-bond donors (Lipinski definition) is 2.